The molecule has 0 unspecified atom stereocenters. The average molecular weight is 457 g/mol. The Morgan fingerprint density at radius 3 is 1.91 bits per heavy atom. The van der Waals surface area contributed by atoms with Gasteiger partial charge in [0.2, 0.25) is 0 Å². The SMILES string of the molecule is Cc1ccc(-c2ccc3cc4sc5c6cc(-c7ccccc7)ccc6sc5c4cc3c2)cc1. The van der Waals surface area contributed by atoms with Crippen LogP contribution in [0.5, 0.6) is 0 Å². The molecule has 5 aromatic carbocycles. The zero-order valence-corrected chi connectivity index (χ0v) is 19.8. The number of thiophene rings is 2. The molecule has 156 valence electrons. The van der Waals surface area contributed by atoms with Gasteiger partial charge in [-0.15, -0.1) is 22.7 Å². The second-order valence-electron chi connectivity index (χ2n) is 8.72. The second kappa shape index (κ2) is 7.28. The lowest BCUT2D eigenvalue weighted by molar-refractivity contribution is 1.47. The van der Waals surface area contributed by atoms with E-state index in [9.17, 15) is 0 Å². The third-order valence-corrected chi connectivity index (χ3v) is 9.05. The van der Waals surface area contributed by atoms with E-state index in [1.165, 1.54) is 68.2 Å². The predicted molar refractivity (Wildman–Crippen MR) is 148 cm³/mol. The van der Waals surface area contributed by atoms with E-state index in [0.29, 0.717) is 0 Å². The van der Waals surface area contributed by atoms with Crippen LogP contribution in [-0.2, 0) is 0 Å². The molecule has 7 rings (SSSR count). The van der Waals surface area contributed by atoms with E-state index in [1.807, 2.05) is 22.7 Å². The van der Waals surface area contributed by atoms with Gasteiger partial charge in [0.1, 0.15) is 0 Å². The Balaban J connectivity index is 1.43. The largest absolute Gasteiger partial charge is 0.134 e. The summed E-state index contributed by atoms with van der Waals surface area (Å²) < 4.78 is 5.57. The first-order valence-corrected chi connectivity index (χ1v) is 12.8. The smallest absolute Gasteiger partial charge is 0.0542 e. The van der Waals surface area contributed by atoms with Gasteiger partial charge < -0.3 is 0 Å². The molecule has 0 atom stereocenters. The molecule has 0 fully saturated rings. The summed E-state index contributed by atoms with van der Waals surface area (Å²) in [5, 5.41) is 5.37. The molecule has 0 nitrogen and oxygen atoms in total. The number of benzene rings is 5. The van der Waals surface area contributed by atoms with E-state index < -0.39 is 0 Å². The molecule has 0 N–H and O–H groups in total. The van der Waals surface area contributed by atoms with E-state index in [-0.39, 0.29) is 0 Å². The van der Waals surface area contributed by atoms with Crippen molar-refractivity contribution in [2.75, 3.05) is 0 Å². The molecule has 2 heterocycles. The van der Waals surface area contributed by atoms with Gasteiger partial charge in [0, 0.05) is 20.2 Å². The lowest BCUT2D eigenvalue weighted by Crippen LogP contribution is -1.80. The monoisotopic (exact) mass is 456 g/mol. The highest BCUT2D eigenvalue weighted by Crippen LogP contribution is 2.46. The van der Waals surface area contributed by atoms with Crippen molar-refractivity contribution in [2.45, 2.75) is 6.92 Å². The van der Waals surface area contributed by atoms with Crippen LogP contribution in [0.25, 0.3) is 62.6 Å². The summed E-state index contributed by atoms with van der Waals surface area (Å²) in [6.45, 7) is 2.14. The van der Waals surface area contributed by atoms with Crippen molar-refractivity contribution in [2.24, 2.45) is 0 Å². The van der Waals surface area contributed by atoms with Crippen LogP contribution in [0.15, 0.2) is 103 Å². The fraction of sp³-hybridized carbons (Fsp3) is 0.0323. The molecule has 0 aliphatic heterocycles. The van der Waals surface area contributed by atoms with Crippen LogP contribution >= 0.6 is 22.7 Å². The molecule has 33 heavy (non-hydrogen) atoms. The summed E-state index contributed by atoms with van der Waals surface area (Å²) in [6.07, 6.45) is 0. The van der Waals surface area contributed by atoms with Crippen LogP contribution in [0.3, 0.4) is 0 Å². The van der Waals surface area contributed by atoms with Crippen molar-refractivity contribution >= 4 is 63.0 Å². The topological polar surface area (TPSA) is 0 Å². The van der Waals surface area contributed by atoms with E-state index >= 15 is 0 Å². The van der Waals surface area contributed by atoms with Crippen molar-refractivity contribution in [3.05, 3.63) is 109 Å². The molecule has 0 amide bonds. The standard InChI is InChI=1S/C31H20S2/c1-19-7-9-21(10-8-19)22-11-12-24-18-29-27(17-25(24)15-22)31-30(33-29)26-16-23(13-14-28(26)32-31)20-5-3-2-4-6-20/h2-18H,1H3. The third kappa shape index (κ3) is 3.10. The van der Waals surface area contributed by atoms with Gasteiger partial charge in [-0.2, -0.15) is 0 Å². The Kier molecular flexibility index (Phi) is 4.20. The van der Waals surface area contributed by atoms with Crippen LogP contribution in [0.1, 0.15) is 5.56 Å². The summed E-state index contributed by atoms with van der Waals surface area (Å²) in [4.78, 5) is 0. The molecule has 2 heteroatoms. The van der Waals surface area contributed by atoms with E-state index in [1.54, 1.807) is 0 Å². The van der Waals surface area contributed by atoms with Gasteiger partial charge in [-0.05, 0) is 70.3 Å². The van der Waals surface area contributed by atoms with E-state index in [0.717, 1.165) is 0 Å². The van der Waals surface area contributed by atoms with Crippen molar-refractivity contribution in [1.29, 1.82) is 0 Å². The predicted octanol–water partition coefficient (Wildman–Crippen LogP) is 10.1. The minimum atomic E-state index is 1.27. The van der Waals surface area contributed by atoms with Crippen molar-refractivity contribution < 1.29 is 0 Å². The van der Waals surface area contributed by atoms with Gasteiger partial charge in [0.15, 0.2) is 0 Å². The fourth-order valence-corrected chi connectivity index (χ4v) is 7.38. The first-order valence-electron chi connectivity index (χ1n) is 11.2. The van der Waals surface area contributed by atoms with Crippen molar-refractivity contribution in [1.82, 2.24) is 0 Å². The zero-order chi connectivity index (χ0) is 21.9. The molecular weight excluding hydrogens is 436 g/mol. The molecule has 0 radical (unpaired) electrons. The molecule has 0 bridgehead atoms. The van der Waals surface area contributed by atoms with Crippen LogP contribution in [0.2, 0.25) is 0 Å². The highest BCUT2D eigenvalue weighted by atomic mass is 32.1. The average Bonchev–Trinajstić information content (AvgIpc) is 3.39. The minimum Gasteiger partial charge on any atom is -0.134 e. The summed E-state index contributed by atoms with van der Waals surface area (Å²) in [6, 6.07) is 38.0. The Labute approximate surface area is 200 Å². The first-order chi connectivity index (χ1) is 16.2. The van der Waals surface area contributed by atoms with Gasteiger partial charge in [-0.25, -0.2) is 0 Å². The number of fused-ring (bicyclic) bond motifs is 6. The highest BCUT2D eigenvalue weighted by Gasteiger charge is 2.14. The van der Waals surface area contributed by atoms with Gasteiger partial charge >= 0.3 is 0 Å². The maximum absolute atomic E-state index is 2.40. The van der Waals surface area contributed by atoms with Crippen LogP contribution in [0.4, 0.5) is 0 Å². The first kappa shape index (κ1) is 19.0. The highest BCUT2D eigenvalue weighted by molar-refractivity contribution is 7.36. The maximum atomic E-state index is 2.40. The van der Waals surface area contributed by atoms with Crippen LogP contribution in [-0.4, -0.2) is 0 Å². The lowest BCUT2D eigenvalue weighted by Gasteiger charge is -2.05. The van der Waals surface area contributed by atoms with Gasteiger partial charge in [0.05, 0.1) is 9.40 Å². The number of rotatable bonds is 2. The van der Waals surface area contributed by atoms with Crippen LogP contribution < -0.4 is 0 Å². The van der Waals surface area contributed by atoms with Gasteiger partial charge in [-0.1, -0.05) is 78.4 Å². The Hall–Kier alpha value is -3.46. The Morgan fingerprint density at radius 2 is 1.09 bits per heavy atom. The summed E-state index contributed by atoms with van der Waals surface area (Å²) in [5.74, 6) is 0. The molecule has 2 aromatic heterocycles. The second-order valence-corrected chi connectivity index (χ2v) is 10.8. The van der Waals surface area contributed by atoms with Crippen molar-refractivity contribution in [3.63, 3.8) is 0 Å². The quantitative estimate of drug-likeness (QED) is 0.243. The molecule has 0 spiro atoms. The molecule has 7 aromatic rings. The summed E-state index contributed by atoms with van der Waals surface area (Å²) in [7, 11) is 0. The van der Waals surface area contributed by atoms with Crippen LogP contribution in [0, 0.1) is 6.92 Å². The Bertz CT molecular complexity index is 1800. The molecule has 0 saturated heterocycles. The summed E-state index contributed by atoms with van der Waals surface area (Å²) in [5.41, 5.74) is 6.40. The molecule has 0 saturated carbocycles. The molecule has 0 aliphatic rings. The molecular formula is C31H20S2. The number of hydrogen-bond acceptors (Lipinski definition) is 2. The van der Waals surface area contributed by atoms with Crippen molar-refractivity contribution in [3.8, 4) is 22.3 Å². The zero-order valence-electron chi connectivity index (χ0n) is 18.1. The minimum absolute atomic E-state index is 1.27. The van der Waals surface area contributed by atoms with E-state index in [4.69, 9.17) is 0 Å². The van der Waals surface area contributed by atoms with E-state index in [2.05, 4.69) is 110 Å². The van der Waals surface area contributed by atoms with Gasteiger partial charge in [-0.3, -0.25) is 0 Å². The molecule has 0 aliphatic carbocycles. The number of aryl methyl sites for hydroxylation is 1. The third-order valence-electron chi connectivity index (χ3n) is 6.53. The lowest BCUT2D eigenvalue weighted by atomic mass is 10.00. The number of hydrogen-bond donors (Lipinski definition) is 0. The normalized spacial score (nSPS) is 11.8. The summed E-state index contributed by atoms with van der Waals surface area (Å²) >= 11 is 3.85. The van der Waals surface area contributed by atoms with Gasteiger partial charge in [0.25, 0.3) is 0 Å². The Morgan fingerprint density at radius 1 is 0.455 bits per heavy atom. The fourth-order valence-electron chi connectivity index (χ4n) is 4.74. The maximum Gasteiger partial charge on any atom is 0.0542 e.